The van der Waals surface area contributed by atoms with E-state index < -0.39 is 0 Å². The van der Waals surface area contributed by atoms with Crippen LogP contribution in [0.25, 0.3) is 0 Å². The highest BCUT2D eigenvalue weighted by molar-refractivity contribution is 5.43. The molecular formula is C17H22FN3. The topological polar surface area (TPSA) is 28.2 Å². The predicted molar refractivity (Wildman–Crippen MR) is 84.8 cm³/mol. The Morgan fingerprint density at radius 2 is 2.05 bits per heavy atom. The largest absolute Gasteiger partial charge is 0.353 e. The minimum atomic E-state index is -0.180. The predicted octanol–water partition coefficient (Wildman–Crippen LogP) is 3.53. The van der Waals surface area contributed by atoms with Crippen LogP contribution in [0, 0.1) is 5.82 Å². The Bertz CT molecular complexity index is 586. The molecule has 0 aliphatic rings. The zero-order valence-corrected chi connectivity index (χ0v) is 12.8. The lowest BCUT2D eigenvalue weighted by atomic mass is 10.1. The molecule has 1 N–H and O–H groups in total. The normalized spacial score (nSPS) is 12.2. The second-order valence-corrected chi connectivity index (χ2v) is 5.11. The van der Waals surface area contributed by atoms with Crippen LogP contribution >= 0.6 is 0 Å². The molecule has 0 saturated heterocycles. The van der Waals surface area contributed by atoms with Crippen molar-refractivity contribution in [1.82, 2.24) is 10.3 Å². The molecule has 1 atom stereocenters. The molecule has 0 amide bonds. The Morgan fingerprint density at radius 3 is 2.76 bits per heavy atom. The second kappa shape index (κ2) is 7.18. The summed E-state index contributed by atoms with van der Waals surface area (Å²) in [6.45, 7) is 5.80. The summed E-state index contributed by atoms with van der Waals surface area (Å²) in [6.07, 6.45) is 1.80. The summed E-state index contributed by atoms with van der Waals surface area (Å²) < 4.78 is 13.9. The van der Waals surface area contributed by atoms with Gasteiger partial charge in [-0.05, 0) is 37.2 Å². The first-order valence-electron chi connectivity index (χ1n) is 7.26. The van der Waals surface area contributed by atoms with E-state index in [-0.39, 0.29) is 11.9 Å². The summed E-state index contributed by atoms with van der Waals surface area (Å²) in [5.41, 5.74) is 1.85. The maximum absolute atomic E-state index is 13.9. The van der Waals surface area contributed by atoms with Gasteiger partial charge in [-0.1, -0.05) is 25.1 Å². The number of pyridine rings is 1. The maximum atomic E-state index is 13.9. The van der Waals surface area contributed by atoms with Crippen LogP contribution in [0.1, 0.15) is 31.0 Å². The molecule has 21 heavy (non-hydrogen) atoms. The van der Waals surface area contributed by atoms with Crippen LogP contribution in [-0.4, -0.2) is 18.6 Å². The highest BCUT2D eigenvalue weighted by atomic mass is 19.1. The van der Waals surface area contributed by atoms with Crippen molar-refractivity contribution in [3.05, 3.63) is 59.5 Å². The van der Waals surface area contributed by atoms with Crippen LogP contribution in [-0.2, 0) is 6.54 Å². The molecule has 0 spiro atoms. The van der Waals surface area contributed by atoms with E-state index in [0.29, 0.717) is 5.56 Å². The third kappa shape index (κ3) is 3.79. The van der Waals surface area contributed by atoms with Gasteiger partial charge in [0.15, 0.2) is 0 Å². The van der Waals surface area contributed by atoms with Crippen LogP contribution in [0.3, 0.4) is 0 Å². The van der Waals surface area contributed by atoms with Gasteiger partial charge >= 0.3 is 0 Å². The zero-order valence-electron chi connectivity index (χ0n) is 12.8. The summed E-state index contributed by atoms with van der Waals surface area (Å²) in [5, 5.41) is 3.29. The number of hydrogen-bond donors (Lipinski definition) is 1. The molecular weight excluding hydrogens is 265 g/mol. The number of hydrogen-bond acceptors (Lipinski definition) is 3. The van der Waals surface area contributed by atoms with E-state index in [4.69, 9.17) is 0 Å². The Hall–Kier alpha value is -1.94. The standard InChI is InChI=1S/C17H22FN3/c1-4-19-12-14-9-10-20-17(11-14)21(3)13(2)15-7-5-6-8-16(15)18/h5-11,13,19H,4,12H2,1-3H3. The number of aromatic nitrogens is 1. The fourth-order valence-electron chi connectivity index (χ4n) is 2.25. The molecule has 1 aromatic carbocycles. The maximum Gasteiger partial charge on any atom is 0.129 e. The summed E-state index contributed by atoms with van der Waals surface area (Å²) in [5.74, 6) is 0.668. The minimum absolute atomic E-state index is 0.0758. The fourth-order valence-corrected chi connectivity index (χ4v) is 2.25. The molecule has 0 aliphatic carbocycles. The van der Waals surface area contributed by atoms with E-state index in [9.17, 15) is 4.39 Å². The molecule has 4 heteroatoms. The van der Waals surface area contributed by atoms with Gasteiger partial charge in [-0.25, -0.2) is 9.37 Å². The Balaban J connectivity index is 2.19. The van der Waals surface area contributed by atoms with E-state index in [2.05, 4.69) is 17.2 Å². The number of nitrogens with one attached hydrogen (secondary N) is 1. The molecule has 2 aromatic rings. The van der Waals surface area contributed by atoms with Crippen LogP contribution in [0.5, 0.6) is 0 Å². The number of halogens is 1. The third-order valence-electron chi connectivity index (χ3n) is 3.69. The molecule has 0 fully saturated rings. The highest BCUT2D eigenvalue weighted by Crippen LogP contribution is 2.25. The van der Waals surface area contributed by atoms with Crippen LogP contribution in [0.2, 0.25) is 0 Å². The molecule has 112 valence electrons. The number of rotatable bonds is 6. The quantitative estimate of drug-likeness (QED) is 0.881. The third-order valence-corrected chi connectivity index (χ3v) is 3.69. The molecule has 1 aromatic heterocycles. The molecule has 3 nitrogen and oxygen atoms in total. The summed E-state index contributed by atoms with van der Waals surface area (Å²) in [7, 11) is 1.94. The zero-order chi connectivity index (χ0) is 15.2. The summed E-state index contributed by atoms with van der Waals surface area (Å²) >= 11 is 0. The van der Waals surface area contributed by atoms with Gasteiger partial charge in [0.25, 0.3) is 0 Å². The van der Waals surface area contributed by atoms with Crippen molar-refractivity contribution in [1.29, 1.82) is 0 Å². The van der Waals surface area contributed by atoms with Gasteiger partial charge in [-0.2, -0.15) is 0 Å². The van der Waals surface area contributed by atoms with Crippen molar-refractivity contribution in [2.24, 2.45) is 0 Å². The van der Waals surface area contributed by atoms with E-state index in [1.54, 1.807) is 12.3 Å². The first-order valence-corrected chi connectivity index (χ1v) is 7.26. The van der Waals surface area contributed by atoms with Gasteiger partial charge in [-0.3, -0.25) is 0 Å². The Labute approximate surface area is 125 Å². The Kier molecular flexibility index (Phi) is 5.28. The van der Waals surface area contributed by atoms with Crippen molar-refractivity contribution < 1.29 is 4.39 Å². The van der Waals surface area contributed by atoms with Crippen LogP contribution in [0.15, 0.2) is 42.6 Å². The van der Waals surface area contributed by atoms with Gasteiger partial charge in [0.05, 0.1) is 6.04 Å². The van der Waals surface area contributed by atoms with Crippen LogP contribution in [0.4, 0.5) is 10.2 Å². The Morgan fingerprint density at radius 1 is 1.29 bits per heavy atom. The highest BCUT2D eigenvalue weighted by Gasteiger charge is 2.16. The molecule has 0 radical (unpaired) electrons. The number of benzene rings is 1. The van der Waals surface area contributed by atoms with Crippen molar-refractivity contribution in [2.45, 2.75) is 26.4 Å². The molecule has 0 saturated carbocycles. The van der Waals surface area contributed by atoms with Gasteiger partial charge in [0.1, 0.15) is 11.6 Å². The number of anilines is 1. The first-order chi connectivity index (χ1) is 10.1. The average Bonchev–Trinajstić information content (AvgIpc) is 2.52. The van der Waals surface area contributed by atoms with Crippen molar-refractivity contribution in [3.63, 3.8) is 0 Å². The van der Waals surface area contributed by atoms with E-state index in [1.807, 2.05) is 43.1 Å². The van der Waals surface area contributed by atoms with Crippen molar-refractivity contribution in [3.8, 4) is 0 Å². The van der Waals surface area contributed by atoms with Gasteiger partial charge in [-0.15, -0.1) is 0 Å². The molecule has 0 bridgehead atoms. The smallest absolute Gasteiger partial charge is 0.129 e. The summed E-state index contributed by atoms with van der Waals surface area (Å²) in [4.78, 5) is 6.39. The lowest BCUT2D eigenvalue weighted by Crippen LogP contribution is -2.23. The van der Waals surface area contributed by atoms with E-state index >= 15 is 0 Å². The average molecular weight is 287 g/mol. The number of nitrogens with zero attached hydrogens (tertiary/aromatic N) is 2. The van der Waals surface area contributed by atoms with E-state index in [0.717, 1.165) is 18.9 Å². The van der Waals surface area contributed by atoms with Gasteiger partial charge in [0, 0.05) is 25.4 Å². The first kappa shape index (κ1) is 15.4. The second-order valence-electron chi connectivity index (χ2n) is 5.11. The monoisotopic (exact) mass is 287 g/mol. The van der Waals surface area contributed by atoms with Gasteiger partial charge < -0.3 is 10.2 Å². The van der Waals surface area contributed by atoms with Crippen LogP contribution < -0.4 is 10.2 Å². The summed E-state index contributed by atoms with van der Waals surface area (Å²) in [6, 6.07) is 10.8. The lowest BCUT2D eigenvalue weighted by Gasteiger charge is -2.27. The minimum Gasteiger partial charge on any atom is -0.353 e. The molecule has 1 unspecified atom stereocenters. The molecule has 2 rings (SSSR count). The molecule has 1 heterocycles. The van der Waals surface area contributed by atoms with Gasteiger partial charge in [0.2, 0.25) is 0 Å². The van der Waals surface area contributed by atoms with Crippen molar-refractivity contribution in [2.75, 3.05) is 18.5 Å². The SMILES string of the molecule is CCNCc1ccnc(N(C)C(C)c2ccccc2F)c1. The molecule has 0 aliphatic heterocycles. The van der Waals surface area contributed by atoms with E-state index in [1.165, 1.54) is 11.6 Å². The fraction of sp³-hybridized carbons (Fsp3) is 0.353. The lowest BCUT2D eigenvalue weighted by molar-refractivity contribution is 0.584. The van der Waals surface area contributed by atoms with Crippen molar-refractivity contribution >= 4 is 5.82 Å².